The lowest BCUT2D eigenvalue weighted by molar-refractivity contribution is 1.18. The molecule has 0 fully saturated rings. The molecular weight excluding hydrogens is 227 g/mol. The van der Waals surface area contributed by atoms with Crippen molar-refractivity contribution in [1.82, 2.24) is 4.98 Å². The number of nitriles is 1. The molecule has 0 aliphatic carbocycles. The summed E-state index contributed by atoms with van der Waals surface area (Å²) in [5, 5.41) is 8.91. The van der Waals surface area contributed by atoms with E-state index in [9.17, 15) is 0 Å². The molecule has 0 aliphatic rings. The molecule has 1 aromatic heterocycles. The van der Waals surface area contributed by atoms with E-state index in [1.807, 2.05) is 13.0 Å². The summed E-state index contributed by atoms with van der Waals surface area (Å²) in [7, 11) is 0. The first-order valence-corrected chi connectivity index (χ1v) is 4.05. The van der Waals surface area contributed by atoms with Crippen molar-refractivity contribution >= 4 is 27.5 Å². The van der Waals surface area contributed by atoms with Gasteiger partial charge in [0.25, 0.3) is 0 Å². The highest BCUT2D eigenvalue weighted by Crippen LogP contribution is 2.20. The van der Waals surface area contributed by atoms with E-state index < -0.39 is 0 Å². The molecule has 0 atom stereocenters. The molecule has 1 heterocycles. The van der Waals surface area contributed by atoms with Gasteiger partial charge >= 0.3 is 0 Å². The highest BCUT2D eigenvalue weighted by molar-refractivity contribution is 9.10. The van der Waals surface area contributed by atoms with Crippen molar-refractivity contribution in [1.29, 1.82) is 5.26 Å². The molecule has 1 rings (SSSR count). The van der Waals surface area contributed by atoms with Crippen LogP contribution in [0.25, 0.3) is 0 Å². The molecular formula is C7H4BrClN2. The molecule has 0 spiro atoms. The normalized spacial score (nSPS) is 9.27. The van der Waals surface area contributed by atoms with Gasteiger partial charge in [0.1, 0.15) is 10.7 Å². The second-order valence-corrected chi connectivity index (χ2v) is 3.20. The highest BCUT2D eigenvalue weighted by atomic mass is 79.9. The van der Waals surface area contributed by atoms with Crippen LogP contribution in [0.1, 0.15) is 11.3 Å². The van der Waals surface area contributed by atoms with Crippen LogP contribution < -0.4 is 0 Å². The van der Waals surface area contributed by atoms with E-state index in [0.29, 0.717) is 9.63 Å². The fraction of sp³-hybridized carbons (Fsp3) is 0.143. The SMILES string of the molecule is Cc1cc(Cl)c(C#N)nc1Br. The van der Waals surface area contributed by atoms with Crippen LogP contribution >= 0.6 is 27.5 Å². The van der Waals surface area contributed by atoms with E-state index >= 15 is 0 Å². The average molecular weight is 231 g/mol. The van der Waals surface area contributed by atoms with Gasteiger partial charge in [-0.2, -0.15) is 5.26 Å². The molecule has 0 bridgehead atoms. The molecule has 0 saturated heterocycles. The van der Waals surface area contributed by atoms with Crippen LogP contribution in [-0.4, -0.2) is 4.98 Å². The molecule has 0 radical (unpaired) electrons. The van der Waals surface area contributed by atoms with Crippen LogP contribution in [0.2, 0.25) is 5.02 Å². The van der Waals surface area contributed by atoms with Gasteiger partial charge in [-0.25, -0.2) is 4.98 Å². The molecule has 0 unspecified atom stereocenters. The summed E-state index contributed by atoms with van der Waals surface area (Å²) in [5.74, 6) is 0. The minimum Gasteiger partial charge on any atom is -0.228 e. The smallest absolute Gasteiger partial charge is 0.160 e. The molecule has 0 amide bonds. The van der Waals surface area contributed by atoms with Crippen molar-refractivity contribution in [3.63, 3.8) is 0 Å². The number of halogens is 2. The van der Waals surface area contributed by atoms with E-state index in [2.05, 4.69) is 20.9 Å². The molecule has 0 N–H and O–H groups in total. The zero-order valence-corrected chi connectivity index (χ0v) is 8.07. The summed E-state index contributed by atoms with van der Waals surface area (Å²) in [5.41, 5.74) is 1.18. The fourth-order valence-electron chi connectivity index (χ4n) is 0.636. The predicted octanol–water partition coefficient (Wildman–Crippen LogP) is 2.68. The lowest BCUT2D eigenvalue weighted by Gasteiger charge is -1.98. The van der Waals surface area contributed by atoms with E-state index in [1.54, 1.807) is 6.07 Å². The first-order chi connectivity index (χ1) is 5.15. The lowest BCUT2D eigenvalue weighted by atomic mass is 10.3. The fourth-order valence-corrected chi connectivity index (χ4v) is 1.18. The summed E-state index contributed by atoms with van der Waals surface area (Å²) in [6, 6.07) is 3.60. The van der Waals surface area contributed by atoms with Crippen LogP contribution in [0.3, 0.4) is 0 Å². The molecule has 11 heavy (non-hydrogen) atoms. The van der Waals surface area contributed by atoms with Crippen molar-refractivity contribution in [2.45, 2.75) is 6.92 Å². The Hall–Kier alpha value is -0.590. The summed E-state index contributed by atoms with van der Waals surface area (Å²) in [6.07, 6.45) is 0. The number of aromatic nitrogens is 1. The first-order valence-electron chi connectivity index (χ1n) is 2.88. The number of nitrogens with zero attached hydrogens (tertiary/aromatic N) is 2. The Morgan fingerprint density at radius 2 is 2.36 bits per heavy atom. The van der Waals surface area contributed by atoms with E-state index in [-0.39, 0.29) is 5.69 Å². The van der Waals surface area contributed by atoms with Crippen molar-refractivity contribution in [2.75, 3.05) is 0 Å². The molecule has 1 aromatic rings. The van der Waals surface area contributed by atoms with Crippen LogP contribution in [0.4, 0.5) is 0 Å². The van der Waals surface area contributed by atoms with Crippen LogP contribution in [0.15, 0.2) is 10.7 Å². The summed E-state index contributed by atoms with van der Waals surface area (Å²) in [4.78, 5) is 3.91. The Bertz CT molecular complexity index is 330. The number of hydrogen-bond donors (Lipinski definition) is 0. The third-order valence-electron chi connectivity index (χ3n) is 1.21. The standard InChI is InChI=1S/C7H4BrClN2/c1-4-2-5(9)6(3-10)11-7(4)8/h2H,1H3. The number of rotatable bonds is 0. The van der Waals surface area contributed by atoms with Gasteiger partial charge < -0.3 is 0 Å². The minimum atomic E-state index is 0.254. The molecule has 56 valence electrons. The predicted molar refractivity (Wildman–Crippen MR) is 46.4 cm³/mol. The van der Waals surface area contributed by atoms with Crippen LogP contribution in [-0.2, 0) is 0 Å². The quantitative estimate of drug-likeness (QED) is 0.644. The Labute approximate surface area is 77.9 Å². The molecule has 0 aromatic carbocycles. The summed E-state index contributed by atoms with van der Waals surface area (Å²) >= 11 is 8.90. The Kier molecular flexibility index (Phi) is 2.48. The maximum absolute atomic E-state index is 8.52. The second kappa shape index (κ2) is 3.21. The highest BCUT2D eigenvalue weighted by Gasteiger charge is 2.03. The van der Waals surface area contributed by atoms with Gasteiger partial charge in [-0.15, -0.1) is 0 Å². The van der Waals surface area contributed by atoms with Crippen molar-refractivity contribution < 1.29 is 0 Å². The molecule has 2 nitrogen and oxygen atoms in total. The van der Waals surface area contributed by atoms with E-state index in [4.69, 9.17) is 16.9 Å². The monoisotopic (exact) mass is 230 g/mol. The lowest BCUT2D eigenvalue weighted by Crippen LogP contribution is -1.87. The molecule has 4 heteroatoms. The van der Waals surface area contributed by atoms with Crippen molar-refractivity contribution in [3.05, 3.63) is 26.9 Å². The molecule has 0 aliphatic heterocycles. The van der Waals surface area contributed by atoms with E-state index in [1.165, 1.54) is 0 Å². The van der Waals surface area contributed by atoms with Gasteiger partial charge in [0.2, 0.25) is 0 Å². The van der Waals surface area contributed by atoms with Gasteiger partial charge in [-0.3, -0.25) is 0 Å². The third kappa shape index (κ3) is 1.70. The van der Waals surface area contributed by atoms with Gasteiger partial charge in [0.05, 0.1) is 5.02 Å². The topological polar surface area (TPSA) is 36.7 Å². The van der Waals surface area contributed by atoms with Gasteiger partial charge in [0, 0.05) is 0 Å². The Morgan fingerprint density at radius 3 is 2.91 bits per heavy atom. The third-order valence-corrected chi connectivity index (χ3v) is 2.30. The minimum absolute atomic E-state index is 0.254. The van der Waals surface area contributed by atoms with Crippen molar-refractivity contribution in [2.24, 2.45) is 0 Å². The number of pyridine rings is 1. The maximum Gasteiger partial charge on any atom is 0.160 e. The zero-order chi connectivity index (χ0) is 8.43. The second-order valence-electron chi connectivity index (χ2n) is 2.04. The number of aryl methyl sites for hydroxylation is 1. The Morgan fingerprint density at radius 1 is 1.73 bits per heavy atom. The van der Waals surface area contributed by atoms with Gasteiger partial charge in [0.15, 0.2) is 5.69 Å². The largest absolute Gasteiger partial charge is 0.228 e. The number of hydrogen-bond acceptors (Lipinski definition) is 2. The average Bonchev–Trinajstić information content (AvgIpc) is 1.97. The zero-order valence-electron chi connectivity index (χ0n) is 5.73. The van der Waals surface area contributed by atoms with Crippen LogP contribution in [0.5, 0.6) is 0 Å². The first kappa shape index (κ1) is 8.51. The molecule has 0 saturated carbocycles. The van der Waals surface area contributed by atoms with Crippen LogP contribution in [0, 0.1) is 18.3 Å². The summed E-state index contributed by atoms with van der Waals surface area (Å²) in [6.45, 7) is 1.87. The maximum atomic E-state index is 8.52. The summed E-state index contributed by atoms with van der Waals surface area (Å²) < 4.78 is 0.665. The van der Waals surface area contributed by atoms with Gasteiger partial charge in [-0.05, 0) is 34.5 Å². The van der Waals surface area contributed by atoms with Gasteiger partial charge in [-0.1, -0.05) is 11.6 Å². The Balaban J connectivity index is 3.35. The van der Waals surface area contributed by atoms with Crippen molar-refractivity contribution in [3.8, 4) is 6.07 Å². The van der Waals surface area contributed by atoms with E-state index in [0.717, 1.165) is 5.56 Å².